The van der Waals surface area contributed by atoms with Crippen molar-refractivity contribution in [2.75, 3.05) is 20.8 Å². The van der Waals surface area contributed by atoms with E-state index >= 15 is 0 Å². The molecule has 132 valence electrons. The Bertz CT molecular complexity index is 428. The van der Waals surface area contributed by atoms with E-state index in [2.05, 4.69) is 0 Å². The van der Waals surface area contributed by atoms with E-state index in [0.29, 0.717) is 0 Å². The summed E-state index contributed by atoms with van der Waals surface area (Å²) in [5.74, 6) is 0. The molecule has 0 bridgehead atoms. The molecule has 1 aliphatic heterocycles. The van der Waals surface area contributed by atoms with Crippen LogP contribution in [-0.2, 0) is 14.2 Å². The lowest BCUT2D eigenvalue weighted by Gasteiger charge is -2.68. The molecule has 0 aromatic carbocycles. The molecule has 0 aromatic heterocycles. The van der Waals surface area contributed by atoms with Crippen LogP contribution in [0, 0.1) is 0 Å². The molecule has 1 fully saturated rings. The molecule has 22 heavy (non-hydrogen) atoms. The van der Waals surface area contributed by atoms with Crippen LogP contribution < -0.4 is 0 Å². The highest BCUT2D eigenvalue weighted by molar-refractivity contribution is 5.26. The van der Waals surface area contributed by atoms with Crippen LogP contribution in [0.3, 0.4) is 0 Å². The summed E-state index contributed by atoms with van der Waals surface area (Å²) in [5, 5.41) is 33.3. The molecule has 5 unspecified atom stereocenters. The topological polar surface area (TPSA) is 88.4 Å². The van der Waals surface area contributed by atoms with Crippen LogP contribution in [0.2, 0.25) is 0 Å². The molecule has 0 amide bonds. The zero-order valence-corrected chi connectivity index (χ0v) is 15.3. The predicted molar refractivity (Wildman–Crippen MR) is 82.7 cm³/mol. The van der Waals surface area contributed by atoms with Gasteiger partial charge < -0.3 is 29.5 Å². The Kier molecular flexibility index (Phi) is 4.62. The maximum Gasteiger partial charge on any atom is 0.126 e. The molecule has 3 N–H and O–H groups in total. The molecular formula is C16H32O6. The van der Waals surface area contributed by atoms with Crippen molar-refractivity contribution in [3.63, 3.8) is 0 Å². The van der Waals surface area contributed by atoms with Crippen molar-refractivity contribution in [3.05, 3.63) is 0 Å². The highest BCUT2D eigenvalue weighted by Crippen LogP contribution is 2.56. The van der Waals surface area contributed by atoms with Crippen molar-refractivity contribution in [1.82, 2.24) is 0 Å². The summed E-state index contributed by atoms with van der Waals surface area (Å²) < 4.78 is 16.9. The lowest BCUT2D eigenvalue weighted by molar-refractivity contribution is -0.426. The van der Waals surface area contributed by atoms with E-state index in [0.717, 1.165) is 0 Å². The zero-order chi connectivity index (χ0) is 17.8. The summed E-state index contributed by atoms with van der Waals surface area (Å²) in [5.41, 5.74) is -8.94. The summed E-state index contributed by atoms with van der Waals surface area (Å²) in [6.45, 7) is 11.2. The Morgan fingerprint density at radius 3 is 1.68 bits per heavy atom. The highest BCUT2D eigenvalue weighted by atomic mass is 16.6. The Morgan fingerprint density at radius 1 is 0.864 bits per heavy atom. The summed E-state index contributed by atoms with van der Waals surface area (Å²) in [6, 6.07) is 0. The second kappa shape index (κ2) is 5.13. The van der Waals surface area contributed by atoms with Gasteiger partial charge in [0.05, 0.1) is 12.2 Å². The molecular weight excluding hydrogens is 288 g/mol. The maximum absolute atomic E-state index is 11.2. The van der Waals surface area contributed by atoms with Gasteiger partial charge in [0.2, 0.25) is 0 Å². The minimum absolute atomic E-state index is 0.0433. The van der Waals surface area contributed by atoms with Crippen LogP contribution >= 0.6 is 0 Å². The first kappa shape index (κ1) is 19.8. The number of hydrogen-bond acceptors (Lipinski definition) is 6. The molecule has 0 saturated carbocycles. The van der Waals surface area contributed by atoms with Crippen molar-refractivity contribution in [1.29, 1.82) is 0 Å². The number of ether oxygens (including phenoxy) is 3. The standard InChI is InChI=1S/C16H32O6/c1-11(2,21-9)16(7)15(6,19)14(5,18)13(4,17)12(3,22-16)10-20-8/h17-19H,10H2,1-9H3. The van der Waals surface area contributed by atoms with Gasteiger partial charge in [-0.2, -0.15) is 0 Å². The lowest BCUT2D eigenvalue weighted by Crippen LogP contribution is -2.87. The quantitative estimate of drug-likeness (QED) is 0.712. The summed E-state index contributed by atoms with van der Waals surface area (Å²) in [6.07, 6.45) is 0. The molecule has 6 nitrogen and oxygen atoms in total. The first-order valence-corrected chi connectivity index (χ1v) is 7.49. The fourth-order valence-electron chi connectivity index (χ4n) is 3.45. The summed E-state index contributed by atoms with van der Waals surface area (Å²) >= 11 is 0. The number of hydrogen-bond donors (Lipinski definition) is 3. The molecule has 0 spiro atoms. The van der Waals surface area contributed by atoms with E-state index in [1.807, 2.05) is 0 Å². The van der Waals surface area contributed by atoms with Gasteiger partial charge in [-0.3, -0.25) is 0 Å². The van der Waals surface area contributed by atoms with E-state index < -0.39 is 33.6 Å². The van der Waals surface area contributed by atoms with Crippen molar-refractivity contribution in [3.8, 4) is 0 Å². The largest absolute Gasteiger partial charge is 0.384 e. The van der Waals surface area contributed by atoms with Gasteiger partial charge in [0.25, 0.3) is 0 Å². The van der Waals surface area contributed by atoms with Crippen molar-refractivity contribution in [2.45, 2.75) is 82.1 Å². The van der Waals surface area contributed by atoms with Gasteiger partial charge in [0.1, 0.15) is 28.0 Å². The fourth-order valence-corrected chi connectivity index (χ4v) is 3.45. The molecule has 1 rings (SSSR count). The van der Waals surface area contributed by atoms with E-state index in [-0.39, 0.29) is 6.61 Å². The average molecular weight is 320 g/mol. The number of rotatable bonds is 4. The molecule has 1 saturated heterocycles. The molecule has 0 aromatic rings. The molecule has 0 aliphatic carbocycles. The minimum atomic E-state index is -1.88. The predicted octanol–water partition coefficient (Wildman–Crippen LogP) is 0.858. The maximum atomic E-state index is 11.2. The minimum Gasteiger partial charge on any atom is -0.384 e. The number of methoxy groups -OCH3 is 2. The number of aliphatic hydroxyl groups is 3. The van der Waals surface area contributed by atoms with Crippen molar-refractivity contribution < 1.29 is 29.5 Å². The third-order valence-electron chi connectivity index (χ3n) is 6.36. The van der Waals surface area contributed by atoms with E-state index in [1.54, 1.807) is 27.7 Å². The van der Waals surface area contributed by atoms with Gasteiger partial charge in [-0.05, 0) is 48.5 Å². The molecule has 1 heterocycles. The Morgan fingerprint density at radius 2 is 1.32 bits per heavy atom. The smallest absolute Gasteiger partial charge is 0.126 e. The Hall–Kier alpha value is -0.240. The normalized spacial score (nSPS) is 50.2. The summed E-state index contributed by atoms with van der Waals surface area (Å²) in [4.78, 5) is 0. The SMILES string of the molecule is COCC1(C)OC(C)(C(C)(C)OC)C(C)(O)C(C)(O)C1(C)O. The van der Waals surface area contributed by atoms with Crippen LogP contribution in [0.15, 0.2) is 0 Å². The van der Waals surface area contributed by atoms with E-state index in [9.17, 15) is 15.3 Å². The molecule has 0 radical (unpaired) electrons. The van der Waals surface area contributed by atoms with Crippen LogP contribution in [0.5, 0.6) is 0 Å². The van der Waals surface area contributed by atoms with Gasteiger partial charge in [-0.15, -0.1) is 0 Å². The van der Waals surface area contributed by atoms with Gasteiger partial charge in [0.15, 0.2) is 0 Å². The third kappa shape index (κ3) is 2.08. The van der Waals surface area contributed by atoms with Crippen LogP contribution in [0.4, 0.5) is 0 Å². The van der Waals surface area contributed by atoms with Crippen molar-refractivity contribution in [2.24, 2.45) is 0 Å². The Labute approximate surface area is 133 Å². The van der Waals surface area contributed by atoms with Crippen LogP contribution in [0.25, 0.3) is 0 Å². The van der Waals surface area contributed by atoms with Crippen LogP contribution in [0.1, 0.15) is 48.5 Å². The Balaban J connectivity index is 3.65. The molecule has 1 aliphatic rings. The second-order valence-corrected chi connectivity index (χ2v) is 7.73. The van der Waals surface area contributed by atoms with E-state index in [1.165, 1.54) is 35.0 Å². The van der Waals surface area contributed by atoms with Crippen LogP contribution in [-0.4, -0.2) is 69.8 Å². The monoisotopic (exact) mass is 320 g/mol. The summed E-state index contributed by atoms with van der Waals surface area (Å²) in [7, 11) is 3.00. The van der Waals surface area contributed by atoms with E-state index in [4.69, 9.17) is 14.2 Å². The van der Waals surface area contributed by atoms with Gasteiger partial charge >= 0.3 is 0 Å². The average Bonchev–Trinajstić information content (AvgIpc) is 2.36. The third-order valence-corrected chi connectivity index (χ3v) is 6.36. The van der Waals surface area contributed by atoms with Gasteiger partial charge in [0, 0.05) is 14.2 Å². The first-order chi connectivity index (χ1) is 9.58. The highest BCUT2D eigenvalue weighted by Gasteiger charge is 2.76. The van der Waals surface area contributed by atoms with Crippen molar-refractivity contribution >= 4 is 0 Å². The zero-order valence-electron chi connectivity index (χ0n) is 15.3. The fraction of sp³-hybridized carbons (Fsp3) is 1.00. The van der Waals surface area contributed by atoms with Gasteiger partial charge in [-0.25, -0.2) is 0 Å². The lowest BCUT2D eigenvalue weighted by atomic mass is 9.55. The molecule has 5 atom stereocenters. The first-order valence-electron chi connectivity index (χ1n) is 7.49. The molecule has 6 heteroatoms. The second-order valence-electron chi connectivity index (χ2n) is 7.73. The van der Waals surface area contributed by atoms with Gasteiger partial charge in [-0.1, -0.05) is 0 Å².